The smallest absolute Gasteiger partial charge is 0.255 e. The second-order valence-corrected chi connectivity index (χ2v) is 4.60. The van der Waals surface area contributed by atoms with Crippen molar-refractivity contribution in [3.63, 3.8) is 0 Å². The van der Waals surface area contributed by atoms with E-state index in [2.05, 4.69) is 20.5 Å². The van der Waals surface area contributed by atoms with Crippen molar-refractivity contribution in [3.05, 3.63) is 53.6 Å². The summed E-state index contributed by atoms with van der Waals surface area (Å²) in [5, 5.41) is 10.4. The summed E-state index contributed by atoms with van der Waals surface area (Å²) in [6.07, 6.45) is 1.64. The lowest BCUT2D eigenvalue weighted by Crippen LogP contribution is -2.23. The number of carbonyl (C=O) groups is 1. The maximum atomic E-state index is 13.3. The number of nitrogens with one attached hydrogen (secondary N) is 2. The van der Waals surface area contributed by atoms with Crippen molar-refractivity contribution in [1.29, 1.82) is 0 Å². The lowest BCUT2D eigenvalue weighted by molar-refractivity contribution is 0.0947. The van der Waals surface area contributed by atoms with Crippen molar-refractivity contribution in [3.8, 4) is 5.75 Å². The van der Waals surface area contributed by atoms with Crippen LogP contribution in [0.25, 0.3) is 11.0 Å². The summed E-state index contributed by atoms with van der Waals surface area (Å²) >= 11 is 0. The van der Waals surface area contributed by atoms with Crippen LogP contribution < -0.4 is 10.1 Å². The van der Waals surface area contributed by atoms with Crippen LogP contribution in [0.2, 0.25) is 0 Å². The highest BCUT2D eigenvalue weighted by Gasteiger charge is 2.14. The number of nitrogens with zero attached hydrogens (tertiary/aromatic N) is 2. The van der Waals surface area contributed by atoms with Crippen LogP contribution in [0.15, 0.2) is 36.5 Å². The molecule has 1 aromatic carbocycles. The van der Waals surface area contributed by atoms with Crippen molar-refractivity contribution >= 4 is 16.9 Å². The van der Waals surface area contributed by atoms with E-state index < -0.39 is 11.7 Å². The number of rotatable bonds is 4. The van der Waals surface area contributed by atoms with Gasteiger partial charge in [-0.15, -0.1) is 0 Å². The topological polar surface area (TPSA) is 79.9 Å². The molecule has 22 heavy (non-hydrogen) atoms. The Morgan fingerprint density at radius 1 is 1.41 bits per heavy atom. The molecule has 1 amide bonds. The third-order valence-electron chi connectivity index (χ3n) is 3.24. The van der Waals surface area contributed by atoms with Gasteiger partial charge in [0.1, 0.15) is 11.6 Å². The van der Waals surface area contributed by atoms with Crippen molar-refractivity contribution in [2.75, 3.05) is 7.11 Å². The van der Waals surface area contributed by atoms with Crippen molar-refractivity contribution in [1.82, 2.24) is 20.5 Å². The molecule has 0 aliphatic carbocycles. The van der Waals surface area contributed by atoms with E-state index in [1.54, 1.807) is 12.3 Å². The summed E-state index contributed by atoms with van der Waals surface area (Å²) in [5.74, 6) is -0.611. The lowest BCUT2D eigenvalue weighted by atomic mass is 10.1. The summed E-state index contributed by atoms with van der Waals surface area (Å²) in [6, 6.07) is 7.44. The van der Waals surface area contributed by atoms with Gasteiger partial charge in [0.15, 0.2) is 5.65 Å². The third-order valence-corrected chi connectivity index (χ3v) is 3.24. The first-order chi connectivity index (χ1) is 10.7. The number of ether oxygens (including phenoxy) is 1. The maximum absolute atomic E-state index is 13.3. The molecule has 0 radical (unpaired) electrons. The first-order valence-electron chi connectivity index (χ1n) is 6.58. The molecule has 3 rings (SSSR count). The van der Waals surface area contributed by atoms with Gasteiger partial charge in [-0.25, -0.2) is 9.37 Å². The zero-order valence-electron chi connectivity index (χ0n) is 11.8. The fourth-order valence-electron chi connectivity index (χ4n) is 2.16. The van der Waals surface area contributed by atoms with Crippen LogP contribution in [0.3, 0.4) is 0 Å². The van der Waals surface area contributed by atoms with Crippen LogP contribution in [-0.4, -0.2) is 28.2 Å². The van der Waals surface area contributed by atoms with Gasteiger partial charge >= 0.3 is 0 Å². The van der Waals surface area contributed by atoms with Crippen LogP contribution in [-0.2, 0) is 6.54 Å². The molecule has 0 bridgehead atoms. The van der Waals surface area contributed by atoms with E-state index in [4.69, 9.17) is 4.74 Å². The molecule has 3 aromatic rings. The number of pyridine rings is 1. The Balaban J connectivity index is 1.79. The summed E-state index contributed by atoms with van der Waals surface area (Å²) in [4.78, 5) is 16.3. The van der Waals surface area contributed by atoms with Gasteiger partial charge in [-0.1, -0.05) is 0 Å². The van der Waals surface area contributed by atoms with Crippen LogP contribution in [0.1, 0.15) is 16.1 Å². The minimum atomic E-state index is -0.498. The molecular formula is C15H13FN4O2. The Hall–Kier alpha value is -2.96. The average Bonchev–Trinajstić information content (AvgIpc) is 2.96. The Labute approximate surface area is 125 Å². The first kappa shape index (κ1) is 14.0. The number of hydrogen-bond acceptors (Lipinski definition) is 4. The van der Waals surface area contributed by atoms with E-state index in [1.165, 1.54) is 19.2 Å². The second-order valence-electron chi connectivity index (χ2n) is 4.60. The number of H-pyrrole nitrogens is 1. The van der Waals surface area contributed by atoms with Crippen molar-refractivity contribution < 1.29 is 13.9 Å². The van der Waals surface area contributed by atoms with Crippen LogP contribution in [0.4, 0.5) is 4.39 Å². The minimum absolute atomic E-state index is 0.143. The van der Waals surface area contributed by atoms with E-state index >= 15 is 0 Å². The highest BCUT2D eigenvalue weighted by atomic mass is 19.1. The third kappa shape index (κ3) is 2.60. The van der Waals surface area contributed by atoms with Gasteiger partial charge in [-0.05, 0) is 30.3 Å². The average molecular weight is 300 g/mol. The predicted octanol–water partition coefficient (Wildman–Crippen LogP) is 2.04. The Bertz CT molecular complexity index is 831. The number of halogens is 1. The number of benzene rings is 1. The standard InChI is InChI=1S/C15H13FN4O2/c1-22-13-5-4-9(16)7-11(13)15(21)18-8-12-10-3-2-6-17-14(10)20-19-12/h2-7H,8H2,1H3,(H,18,21)(H,17,19,20). The fourth-order valence-corrected chi connectivity index (χ4v) is 2.16. The normalized spacial score (nSPS) is 10.6. The van der Waals surface area contributed by atoms with E-state index in [0.717, 1.165) is 17.1 Å². The van der Waals surface area contributed by atoms with Gasteiger partial charge in [-0.3, -0.25) is 9.89 Å². The molecule has 7 heteroatoms. The molecule has 0 saturated heterocycles. The summed E-state index contributed by atoms with van der Waals surface area (Å²) in [6.45, 7) is 0.223. The van der Waals surface area contributed by atoms with E-state index in [-0.39, 0.29) is 12.1 Å². The molecule has 0 aliphatic heterocycles. The number of hydrogen-bond donors (Lipinski definition) is 2. The molecule has 0 saturated carbocycles. The number of aromatic nitrogens is 3. The molecule has 0 fully saturated rings. The van der Waals surface area contributed by atoms with Crippen LogP contribution in [0, 0.1) is 5.82 Å². The zero-order chi connectivity index (χ0) is 15.5. The van der Waals surface area contributed by atoms with Crippen molar-refractivity contribution in [2.24, 2.45) is 0 Å². The minimum Gasteiger partial charge on any atom is -0.496 e. The number of aromatic amines is 1. The van der Waals surface area contributed by atoms with Crippen LogP contribution in [0.5, 0.6) is 5.75 Å². The van der Waals surface area contributed by atoms with Gasteiger partial charge in [-0.2, -0.15) is 5.10 Å². The van der Waals surface area contributed by atoms with E-state index in [9.17, 15) is 9.18 Å². The number of fused-ring (bicyclic) bond motifs is 1. The van der Waals surface area contributed by atoms with Gasteiger partial charge in [0, 0.05) is 11.6 Å². The molecule has 2 heterocycles. The number of methoxy groups -OCH3 is 1. The molecular weight excluding hydrogens is 287 g/mol. The quantitative estimate of drug-likeness (QED) is 0.772. The van der Waals surface area contributed by atoms with Gasteiger partial charge < -0.3 is 10.1 Å². The van der Waals surface area contributed by atoms with Crippen LogP contribution >= 0.6 is 0 Å². The molecule has 2 aromatic heterocycles. The molecule has 6 nitrogen and oxygen atoms in total. The number of amides is 1. The van der Waals surface area contributed by atoms with Gasteiger partial charge in [0.2, 0.25) is 0 Å². The zero-order valence-corrected chi connectivity index (χ0v) is 11.8. The van der Waals surface area contributed by atoms with E-state index in [1.807, 2.05) is 6.07 Å². The van der Waals surface area contributed by atoms with E-state index in [0.29, 0.717) is 11.4 Å². The van der Waals surface area contributed by atoms with Crippen molar-refractivity contribution in [2.45, 2.75) is 6.54 Å². The summed E-state index contributed by atoms with van der Waals surface area (Å²) in [7, 11) is 1.43. The Kier molecular flexibility index (Phi) is 3.69. The lowest BCUT2D eigenvalue weighted by Gasteiger charge is -2.09. The summed E-state index contributed by atoms with van der Waals surface area (Å²) in [5.41, 5.74) is 1.45. The Morgan fingerprint density at radius 2 is 2.27 bits per heavy atom. The molecule has 112 valence electrons. The molecule has 0 unspecified atom stereocenters. The maximum Gasteiger partial charge on any atom is 0.255 e. The first-order valence-corrected chi connectivity index (χ1v) is 6.58. The highest BCUT2D eigenvalue weighted by Crippen LogP contribution is 2.19. The summed E-state index contributed by atoms with van der Waals surface area (Å²) < 4.78 is 18.4. The fraction of sp³-hybridized carbons (Fsp3) is 0.133. The molecule has 0 atom stereocenters. The monoisotopic (exact) mass is 300 g/mol. The SMILES string of the molecule is COc1ccc(F)cc1C(=O)NCc1[nH]nc2ncccc12. The predicted molar refractivity (Wildman–Crippen MR) is 78.0 cm³/mol. The molecule has 2 N–H and O–H groups in total. The highest BCUT2D eigenvalue weighted by molar-refractivity contribution is 5.97. The van der Waals surface area contributed by atoms with Gasteiger partial charge in [0.25, 0.3) is 5.91 Å². The largest absolute Gasteiger partial charge is 0.496 e. The number of carbonyl (C=O) groups excluding carboxylic acids is 1. The molecule has 0 spiro atoms. The second kappa shape index (κ2) is 5.80. The Morgan fingerprint density at radius 3 is 3.09 bits per heavy atom. The molecule has 0 aliphatic rings. The van der Waals surface area contributed by atoms with Gasteiger partial charge in [0.05, 0.1) is 24.9 Å².